The van der Waals surface area contributed by atoms with Gasteiger partial charge >= 0.3 is 0 Å². The van der Waals surface area contributed by atoms with Crippen LogP contribution in [0.3, 0.4) is 0 Å². The van der Waals surface area contributed by atoms with Crippen molar-refractivity contribution in [2.75, 3.05) is 4.72 Å². The van der Waals surface area contributed by atoms with E-state index in [-0.39, 0.29) is 16.1 Å². The van der Waals surface area contributed by atoms with Crippen molar-refractivity contribution in [2.24, 2.45) is 0 Å². The molecule has 0 saturated heterocycles. The van der Waals surface area contributed by atoms with Crippen LogP contribution < -0.4 is 10.3 Å². The summed E-state index contributed by atoms with van der Waals surface area (Å²) >= 11 is 5.78. The van der Waals surface area contributed by atoms with Crippen LogP contribution in [0.15, 0.2) is 46.2 Å². The van der Waals surface area contributed by atoms with Gasteiger partial charge in [-0.1, -0.05) is 11.6 Å². The van der Waals surface area contributed by atoms with Gasteiger partial charge in [0.15, 0.2) is 0 Å². The molecule has 1 heterocycles. The van der Waals surface area contributed by atoms with Crippen LogP contribution in [0.2, 0.25) is 5.02 Å². The van der Waals surface area contributed by atoms with Crippen molar-refractivity contribution < 1.29 is 8.42 Å². The molecule has 0 radical (unpaired) electrons. The van der Waals surface area contributed by atoms with Crippen LogP contribution in [0.4, 0.5) is 5.69 Å². The number of aromatic amines is 1. The average molecular weight is 310 g/mol. The maximum Gasteiger partial charge on any atom is 0.263 e. The highest BCUT2D eigenvalue weighted by Crippen LogP contribution is 2.23. The van der Waals surface area contributed by atoms with Gasteiger partial charge in [0.05, 0.1) is 11.3 Å². The van der Waals surface area contributed by atoms with Crippen molar-refractivity contribution >= 4 is 27.3 Å². The fourth-order valence-corrected chi connectivity index (χ4v) is 2.68. The van der Waals surface area contributed by atoms with Gasteiger partial charge in [0.2, 0.25) is 5.56 Å². The van der Waals surface area contributed by atoms with Crippen LogP contribution in [-0.4, -0.2) is 13.4 Å². The maximum absolute atomic E-state index is 12.1. The number of nitrogens with one attached hydrogen (secondary N) is 2. The second-order valence-corrected chi connectivity index (χ2v) is 5.91. The van der Waals surface area contributed by atoms with Crippen molar-refractivity contribution in [3.63, 3.8) is 0 Å². The molecule has 0 unspecified atom stereocenters. The molecule has 0 spiro atoms. The van der Waals surface area contributed by atoms with E-state index >= 15 is 0 Å². The van der Waals surface area contributed by atoms with Crippen LogP contribution in [0.25, 0.3) is 0 Å². The van der Waals surface area contributed by atoms with Gasteiger partial charge in [-0.15, -0.1) is 0 Å². The van der Waals surface area contributed by atoms with Crippen molar-refractivity contribution in [1.82, 2.24) is 4.98 Å². The molecule has 2 N–H and O–H groups in total. The Morgan fingerprint density at radius 2 is 2.00 bits per heavy atom. The lowest BCUT2D eigenvalue weighted by molar-refractivity contribution is 0.600. The number of anilines is 1. The van der Waals surface area contributed by atoms with Crippen molar-refractivity contribution in [3.05, 3.63) is 57.5 Å². The zero-order chi connectivity index (χ0) is 14.8. The summed E-state index contributed by atoms with van der Waals surface area (Å²) in [6.07, 6.45) is 1.07. The van der Waals surface area contributed by atoms with E-state index in [9.17, 15) is 13.2 Å². The number of nitrogens with zero attached hydrogens (tertiary/aromatic N) is 1. The van der Waals surface area contributed by atoms with Gasteiger partial charge in [-0.2, -0.15) is 5.26 Å². The van der Waals surface area contributed by atoms with E-state index < -0.39 is 15.6 Å². The van der Waals surface area contributed by atoms with Crippen LogP contribution in [0.5, 0.6) is 0 Å². The van der Waals surface area contributed by atoms with Gasteiger partial charge in [0.25, 0.3) is 10.0 Å². The number of nitriles is 1. The van der Waals surface area contributed by atoms with E-state index in [2.05, 4.69) is 9.71 Å². The normalized spacial score (nSPS) is 10.8. The molecule has 0 saturated carbocycles. The highest BCUT2D eigenvalue weighted by atomic mass is 35.5. The summed E-state index contributed by atoms with van der Waals surface area (Å²) < 4.78 is 26.5. The second-order valence-electron chi connectivity index (χ2n) is 3.80. The number of halogens is 1. The van der Waals surface area contributed by atoms with Crippen molar-refractivity contribution in [1.29, 1.82) is 5.26 Å². The van der Waals surface area contributed by atoms with Gasteiger partial charge in [-0.25, -0.2) is 8.42 Å². The van der Waals surface area contributed by atoms with Crippen molar-refractivity contribution in [2.45, 2.75) is 4.90 Å². The number of hydrogen-bond donors (Lipinski definition) is 2. The van der Waals surface area contributed by atoms with Gasteiger partial charge in [-0.3, -0.25) is 9.52 Å². The molecule has 0 amide bonds. The predicted molar refractivity (Wildman–Crippen MR) is 74.0 cm³/mol. The Balaban J connectivity index is 2.43. The molecule has 20 heavy (non-hydrogen) atoms. The molecule has 1 aromatic heterocycles. The third-order valence-electron chi connectivity index (χ3n) is 2.41. The average Bonchev–Trinajstić information content (AvgIpc) is 2.39. The largest absolute Gasteiger partial charge is 0.328 e. The van der Waals surface area contributed by atoms with Gasteiger partial charge in [-0.05, 0) is 24.3 Å². The van der Waals surface area contributed by atoms with E-state index in [1.165, 1.54) is 18.2 Å². The SMILES string of the molecule is N#Cc1ccc(Cl)cc1NS(=O)(=O)c1ccc(=O)[nH]c1. The van der Waals surface area contributed by atoms with Crippen LogP contribution in [0.1, 0.15) is 5.56 Å². The molecule has 2 aromatic rings. The number of H-pyrrole nitrogens is 1. The Morgan fingerprint density at radius 1 is 1.25 bits per heavy atom. The molecule has 8 heteroatoms. The van der Waals surface area contributed by atoms with Crippen molar-refractivity contribution in [3.8, 4) is 6.07 Å². The summed E-state index contributed by atoms with van der Waals surface area (Å²) in [7, 11) is -3.91. The first-order chi connectivity index (χ1) is 9.42. The third kappa shape index (κ3) is 2.99. The highest BCUT2D eigenvalue weighted by Gasteiger charge is 2.16. The summed E-state index contributed by atoms with van der Waals surface area (Å²) in [6, 6.07) is 8.35. The summed E-state index contributed by atoms with van der Waals surface area (Å²) in [5.74, 6) is 0. The Labute approximate surface area is 119 Å². The lowest BCUT2D eigenvalue weighted by atomic mass is 10.2. The Kier molecular flexibility index (Phi) is 3.79. The molecule has 0 fully saturated rings. The minimum absolute atomic E-state index is 0.0752. The fraction of sp³-hybridized carbons (Fsp3) is 0. The van der Waals surface area contributed by atoms with E-state index in [4.69, 9.17) is 16.9 Å². The number of pyridine rings is 1. The Morgan fingerprint density at radius 3 is 2.60 bits per heavy atom. The minimum atomic E-state index is -3.91. The summed E-state index contributed by atoms with van der Waals surface area (Å²) in [4.78, 5) is 13.1. The molecular formula is C12H8ClN3O3S. The molecule has 0 aliphatic heterocycles. The molecule has 6 nitrogen and oxygen atoms in total. The summed E-state index contributed by atoms with van der Waals surface area (Å²) in [6.45, 7) is 0. The Bertz CT molecular complexity index is 832. The van der Waals surface area contributed by atoms with Gasteiger partial charge in [0, 0.05) is 17.3 Å². The summed E-state index contributed by atoms with van der Waals surface area (Å²) in [5.41, 5.74) is -0.196. The smallest absolute Gasteiger partial charge is 0.263 e. The Hall–Kier alpha value is -2.30. The van der Waals surface area contributed by atoms with Crippen LogP contribution >= 0.6 is 11.6 Å². The number of sulfonamides is 1. The lowest BCUT2D eigenvalue weighted by Crippen LogP contribution is -2.15. The third-order valence-corrected chi connectivity index (χ3v) is 4.01. The van der Waals surface area contributed by atoms with Crippen LogP contribution in [0, 0.1) is 11.3 Å². The molecule has 0 bridgehead atoms. The van der Waals surface area contributed by atoms with Gasteiger partial charge < -0.3 is 4.98 Å². The second kappa shape index (κ2) is 5.36. The zero-order valence-electron chi connectivity index (χ0n) is 9.92. The minimum Gasteiger partial charge on any atom is -0.328 e. The first kappa shape index (κ1) is 14.1. The van der Waals surface area contributed by atoms with E-state index in [0.29, 0.717) is 5.02 Å². The van der Waals surface area contributed by atoms with E-state index in [1.54, 1.807) is 0 Å². The fourth-order valence-electron chi connectivity index (χ4n) is 1.47. The van der Waals surface area contributed by atoms with Gasteiger partial charge in [0.1, 0.15) is 11.0 Å². The number of hydrogen-bond acceptors (Lipinski definition) is 4. The predicted octanol–water partition coefficient (Wildman–Crippen LogP) is 1.70. The standard InChI is InChI=1S/C12H8ClN3O3S/c13-9-2-1-8(6-14)11(5-9)16-20(18,19)10-3-4-12(17)15-7-10/h1-5,7,16H,(H,15,17). The number of benzene rings is 1. The number of rotatable bonds is 3. The molecule has 0 aliphatic carbocycles. The van der Waals surface area contributed by atoms with Crippen LogP contribution in [-0.2, 0) is 10.0 Å². The summed E-state index contributed by atoms with van der Waals surface area (Å²) in [5, 5.41) is 9.23. The lowest BCUT2D eigenvalue weighted by Gasteiger charge is -2.09. The highest BCUT2D eigenvalue weighted by molar-refractivity contribution is 7.92. The molecule has 2 rings (SSSR count). The molecule has 1 aromatic carbocycles. The quantitative estimate of drug-likeness (QED) is 0.900. The number of aromatic nitrogens is 1. The first-order valence-electron chi connectivity index (χ1n) is 5.33. The molecular weight excluding hydrogens is 302 g/mol. The van der Waals surface area contributed by atoms with E-state index in [1.807, 2.05) is 6.07 Å². The topological polar surface area (TPSA) is 103 Å². The van der Waals surface area contributed by atoms with E-state index in [0.717, 1.165) is 18.3 Å². The first-order valence-corrected chi connectivity index (χ1v) is 7.20. The molecule has 102 valence electrons. The maximum atomic E-state index is 12.1. The zero-order valence-corrected chi connectivity index (χ0v) is 11.5. The monoisotopic (exact) mass is 309 g/mol. The molecule has 0 atom stereocenters. The molecule has 0 aliphatic rings.